The van der Waals surface area contributed by atoms with Gasteiger partial charge in [0.05, 0.1) is 43.9 Å². The van der Waals surface area contributed by atoms with Gasteiger partial charge >= 0.3 is 0 Å². The Morgan fingerprint density at radius 1 is 1.15 bits per heavy atom. The van der Waals surface area contributed by atoms with E-state index in [9.17, 15) is 14.7 Å². The van der Waals surface area contributed by atoms with E-state index in [4.69, 9.17) is 9.47 Å². The lowest BCUT2D eigenvalue weighted by molar-refractivity contribution is -0.133. The third-order valence-corrected chi connectivity index (χ3v) is 9.72. The van der Waals surface area contributed by atoms with Gasteiger partial charge in [0, 0.05) is 64.8 Å². The molecule has 5 aliphatic rings. The van der Waals surface area contributed by atoms with Crippen molar-refractivity contribution in [3.8, 4) is 0 Å². The maximum Gasteiger partial charge on any atom is 0.237 e. The minimum atomic E-state index is -0.594. The van der Waals surface area contributed by atoms with Gasteiger partial charge in [-0.15, -0.1) is 0 Å². The Morgan fingerprint density at radius 2 is 2.02 bits per heavy atom. The van der Waals surface area contributed by atoms with Crippen LogP contribution in [-0.2, 0) is 19.1 Å². The van der Waals surface area contributed by atoms with E-state index in [0.29, 0.717) is 63.4 Å². The molecule has 0 aromatic carbocycles. The molecule has 1 saturated carbocycles. The molecule has 2 amide bonds. The summed E-state index contributed by atoms with van der Waals surface area (Å²) in [5.74, 6) is 1.41. The molecule has 12 heteroatoms. The van der Waals surface area contributed by atoms with Crippen molar-refractivity contribution >= 4 is 11.8 Å². The van der Waals surface area contributed by atoms with E-state index in [1.807, 2.05) is 7.05 Å². The number of hydrogen-bond acceptors (Lipinski definition) is 10. The van der Waals surface area contributed by atoms with Gasteiger partial charge in [-0.1, -0.05) is 0 Å². The van der Waals surface area contributed by atoms with Crippen LogP contribution >= 0.6 is 0 Å². The second-order valence-electron chi connectivity index (χ2n) is 12.7. The second kappa shape index (κ2) is 14.2. The summed E-state index contributed by atoms with van der Waals surface area (Å²) in [6.45, 7) is 7.54. The first-order chi connectivity index (χ1) is 19.3. The van der Waals surface area contributed by atoms with E-state index in [2.05, 4.69) is 38.4 Å². The minimum absolute atomic E-state index is 0.0264. The fourth-order valence-electron chi connectivity index (χ4n) is 7.06. The molecule has 0 aromatic heterocycles. The predicted octanol–water partition coefficient (Wildman–Crippen LogP) is -1.25. The Bertz CT molecular complexity index is 852. The Hall–Kier alpha value is -1.38. The van der Waals surface area contributed by atoms with Gasteiger partial charge in [0.2, 0.25) is 11.8 Å². The molecule has 0 bridgehead atoms. The van der Waals surface area contributed by atoms with Crippen LogP contribution in [0, 0.1) is 11.8 Å². The van der Waals surface area contributed by atoms with Gasteiger partial charge in [-0.25, -0.2) is 0 Å². The van der Waals surface area contributed by atoms with E-state index in [1.165, 1.54) is 6.42 Å². The summed E-state index contributed by atoms with van der Waals surface area (Å²) in [7, 11) is 1.84. The van der Waals surface area contributed by atoms with Crippen LogP contribution in [0.3, 0.4) is 0 Å². The lowest BCUT2D eigenvalue weighted by Gasteiger charge is -2.44. The summed E-state index contributed by atoms with van der Waals surface area (Å²) in [5.41, 5.74) is 0. The predicted molar refractivity (Wildman–Crippen MR) is 150 cm³/mol. The molecule has 40 heavy (non-hydrogen) atoms. The van der Waals surface area contributed by atoms with Gasteiger partial charge in [-0.3, -0.25) is 30.9 Å². The van der Waals surface area contributed by atoms with Gasteiger partial charge in [0.1, 0.15) is 0 Å². The molecule has 9 atom stereocenters. The van der Waals surface area contributed by atoms with Crippen molar-refractivity contribution in [1.29, 1.82) is 0 Å². The number of aliphatic hydroxyl groups excluding tert-OH is 1. The van der Waals surface area contributed by atoms with Crippen molar-refractivity contribution in [3.63, 3.8) is 0 Å². The van der Waals surface area contributed by atoms with Crippen LogP contribution < -0.4 is 26.6 Å². The molecule has 12 nitrogen and oxygen atoms in total. The summed E-state index contributed by atoms with van der Waals surface area (Å²) >= 11 is 0. The molecule has 4 heterocycles. The first kappa shape index (κ1) is 30.1. The van der Waals surface area contributed by atoms with Crippen molar-refractivity contribution in [2.45, 2.75) is 94.5 Å². The van der Waals surface area contributed by atoms with Crippen LogP contribution in [0.1, 0.15) is 51.9 Å². The first-order valence-corrected chi connectivity index (χ1v) is 15.5. The summed E-state index contributed by atoms with van der Waals surface area (Å²) in [6, 6.07) is 0.146. The third-order valence-electron chi connectivity index (χ3n) is 9.72. The summed E-state index contributed by atoms with van der Waals surface area (Å²) in [4.78, 5) is 29.0. The molecule has 8 unspecified atom stereocenters. The summed E-state index contributed by atoms with van der Waals surface area (Å²) < 4.78 is 12.0. The number of piperidine rings is 2. The number of hydrogen-bond donors (Lipinski definition) is 6. The van der Waals surface area contributed by atoms with Crippen molar-refractivity contribution in [3.05, 3.63) is 0 Å². The van der Waals surface area contributed by atoms with E-state index in [0.717, 1.165) is 45.3 Å². The molecule has 0 spiro atoms. The number of fused-ring (bicyclic) bond motifs is 1. The van der Waals surface area contributed by atoms with Crippen molar-refractivity contribution < 1.29 is 24.2 Å². The maximum atomic E-state index is 12.9. The van der Waals surface area contributed by atoms with Gasteiger partial charge in [0.15, 0.2) is 0 Å². The van der Waals surface area contributed by atoms with Gasteiger partial charge < -0.3 is 29.7 Å². The Balaban J connectivity index is 0.968. The van der Waals surface area contributed by atoms with Crippen molar-refractivity contribution in [2.75, 3.05) is 59.8 Å². The highest BCUT2D eigenvalue weighted by atomic mass is 16.5. The molecule has 228 valence electrons. The molecule has 5 fully saturated rings. The number of nitrogens with zero attached hydrogens (tertiary/aromatic N) is 2. The average molecular weight is 566 g/mol. The van der Waals surface area contributed by atoms with Gasteiger partial charge in [-0.2, -0.15) is 0 Å². The molecule has 0 aromatic rings. The smallest absolute Gasteiger partial charge is 0.237 e. The molecular formula is C28H51N7O5. The summed E-state index contributed by atoms with van der Waals surface area (Å²) in [6.07, 6.45) is 6.38. The van der Waals surface area contributed by atoms with Crippen LogP contribution in [0.25, 0.3) is 0 Å². The quantitative estimate of drug-likeness (QED) is 0.191. The fraction of sp³-hybridized carbons (Fsp3) is 0.929. The molecule has 6 N–H and O–H groups in total. The number of carbonyl (C=O) groups is 2. The van der Waals surface area contributed by atoms with Gasteiger partial charge in [-0.05, 0) is 57.4 Å². The highest BCUT2D eigenvalue weighted by Crippen LogP contribution is 2.37. The molecule has 0 radical (unpaired) electrons. The van der Waals surface area contributed by atoms with E-state index in [-0.39, 0.29) is 42.7 Å². The monoisotopic (exact) mass is 565 g/mol. The zero-order valence-corrected chi connectivity index (χ0v) is 24.3. The number of carbonyl (C=O) groups excluding carboxylic acids is 2. The molecule has 4 saturated heterocycles. The number of nitrogens with one attached hydrogen (secondary N) is 5. The highest BCUT2D eigenvalue weighted by Gasteiger charge is 2.37. The zero-order valence-electron chi connectivity index (χ0n) is 24.3. The Morgan fingerprint density at radius 3 is 2.83 bits per heavy atom. The van der Waals surface area contributed by atoms with Crippen LogP contribution in [0.5, 0.6) is 0 Å². The van der Waals surface area contributed by atoms with E-state index >= 15 is 0 Å². The number of ether oxygens (including phenoxy) is 2. The number of β-amino-alcohol motifs (C(OH)–C–C–N with tert-alkyl or cyclic N) is 1. The van der Waals surface area contributed by atoms with E-state index < -0.39 is 6.10 Å². The lowest BCUT2D eigenvalue weighted by Crippen LogP contribution is -2.62. The largest absolute Gasteiger partial charge is 0.390 e. The standard InChI is InChI=1S/C28H51N7O5/c1-18-25(40-17-32-18)15-39-23-4-3-20-13-35(8-5-19(20)9-23)14-22(36)12-29-28(38)24-11-26(31-16-30-24)33-21-6-7-34(2)27(37)10-21/h18-26,30-33,36H,3-17H2,1-2H3,(H,29,38)/t18?,19?,20?,21?,22-,23?,24?,25?,26?/m0/s1. The normalized spacial score (nSPS) is 38.2. The lowest BCUT2D eigenvalue weighted by atomic mass is 9.74. The van der Waals surface area contributed by atoms with Crippen LogP contribution in [0.4, 0.5) is 0 Å². The van der Waals surface area contributed by atoms with Crippen LogP contribution in [0.15, 0.2) is 0 Å². The summed E-state index contributed by atoms with van der Waals surface area (Å²) in [5, 5.41) is 27.1. The fourth-order valence-corrected chi connectivity index (χ4v) is 7.06. The van der Waals surface area contributed by atoms with E-state index in [1.54, 1.807) is 4.90 Å². The SMILES string of the molecule is CC1NCOC1COC1CCC2CN(C[C@@H](O)CNC(=O)C3CC(NC4CCN(C)C(=O)C4)NCN3)CCC2C1. The molecule has 4 aliphatic heterocycles. The highest BCUT2D eigenvalue weighted by molar-refractivity contribution is 5.82. The molecule has 1 aliphatic carbocycles. The van der Waals surface area contributed by atoms with Crippen molar-refractivity contribution in [1.82, 2.24) is 36.4 Å². The van der Waals surface area contributed by atoms with Crippen molar-refractivity contribution in [2.24, 2.45) is 11.8 Å². The second-order valence-corrected chi connectivity index (χ2v) is 12.7. The number of amides is 2. The third kappa shape index (κ3) is 8.13. The van der Waals surface area contributed by atoms with Gasteiger partial charge in [0.25, 0.3) is 0 Å². The number of rotatable bonds is 10. The maximum absolute atomic E-state index is 12.9. The average Bonchev–Trinajstić information content (AvgIpc) is 3.37. The Labute approximate surface area is 238 Å². The van der Waals surface area contributed by atoms with Crippen LogP contribution in [0.2, 0.25) is 0 Å². The topological polar surface area (TPSA) is 139 Å². The molecule has 5 rings (SSSR count). The first-order valence-electron chi connectivity index (χ1n) is 15.5. The minimum Gasteiger partial charge on any atom is -0.390 e. The zero-order chi connectivity index (χ0) is 28.1. The van der Waals surface area contributed by atoms with Crippen LogP contribution in [-0.4, -0.2) is 129 Å². The molecular weight excluding hydrogens is 514 g/mol. The number of likely N-dealkylation sites (tertiary alicyclic amines) is 2. The Kier molecular flexibility index (Phi) is 10.7. The number of aliphatic hydroxyl groups is 1.